The third-order valence-electron chi connectivity index (χ3n) is 2.97. The maximum Gasteiger partial charge on any atom is 0.261 e. The second-order valence-corrected chi connectivity index (χ2v) is 7.40. The molecule has 0 aliphatic rings. The molecule has 0 radical (unpaired) electrons. The van der Waals surface area contributed by atoms with Gasteiger partial charge in [-0.05, 0) is 59.0 Å². The van der Waals surface area contributed by atoms with E-state index < -0.39 is 10.0 Å². The molecule has 0 fully saturated rings. The van der Waals surface area contributed by atoms with E-state index in [4.69, 9.17) is 0 Å². The molecule has 0 bridgehead atoms. The topological polar surface area (TPSA) is 59.1 Å². The summed E-state index contributed by atoms with van der Waals surface area (Å²) in [5.41, 5.74) is 1.28. The summed E-state index contributed by atoms with van der Waals surface area (Å²) in [6.45, 7) is 0. The van der Waals surface area contributed by atoms with Crippen molar-refractivity contribution in [1.82, 2.24) is 4.98 Å². The lowest BCUT2D eigenvalue weighted by Gasteiger charge is -2.08. The Balaban J connectivity index is 1.95. The fraction of sp³-hybridized carbons (Fsp3) is 0. The molecule has 2 aromatic carbocycles. The molecule has 1 aromatic heterocycles. The first-order valence-corrected chi connectivity index (χ1v) is 8.74. The van der Waals surface area contributed by atoms with Gasteiger partial charge in [0.2, 0.25) is 0 Å². The molecule has 1 N–H and O–H groups in total. The number of anilines is 1. The van der Waals surface area contributed by atoms with Crippen molar-refractivity contribution in [1.29, 1.82) is 0 Å². The normalized spacial score (nSPS) is 11.5. The first-order valence-electron chi connectivity index (χ1n) is 6.18. The van der Waals surface area contributed by atoms with Crippen molar-refractivity contribution in [3.8, 4) is 0 Å². The summed E-state index contributed by atoms with van der Waals surface area (Å²) in [5, 5.41) is 0.889. The molecular weight excluding hydrogens is 399 g/mol. The van der Waals surface area contributed by atoms with E-state index in [1.54, 1.807) is 30.3 Å². The standard InChI is InChI=1S/C15H11IN2O2S/c16-12-5-7-14(8-6-12)21(19,20)18-13-9-11-3-1-2-4-15(11)17-10-13/h1-10,18H. The van der Waals surface area contributed by atoms with Gasteiger partial charge in [-0.2, -0.15) is 0 Å². The monoisotopic (exact) mass is 410 g/mol. The van der Waals surface area contributed by atoms with E-state index in [9.17, 15) is 8.42 Å². The average Bonchev–Trinajstić information content (AvgIpc) is 2.47. The molecule has 21 heavy (non-hydrogen) atoms. The maximum absolute atomic E-state index is 12.3. The Hall–Kier alpha value is -1.67. The Morgan fingerprint density at radius 1 is 1.00 bits per heavy atom. The second-order valence-electron chi connectivity index (χ2n) is 4.48. The molecule has 0 saturated heterocycles. The minimum atomic E-state index is -3.59. The number of halogens is 1. The molecule has 0 unspecified atom stereocenters. The van der Waals surface area contributed by atoms with E-state index in [0.29, 0.717) is 5.69 Å². The van der Waals surface area contributed by atoms with Crippen LogP contribution in [-0.4, -0.2) is 13.4 Å². The smallest absolute Gasteiger partial charge is 0.261 e. The van der Waals surface area contributed by atoms with Crippen LogP contribution in [0.1, 0.15) is 0 Å². The second kappa shape index (κ2) is 5.61. The third kappa shape index (κ3) is 3.16. The molecule has 0 aliphatic heterocycles. The van der Waals surface area contributed by atoms with Gasteiger partial charge in [0, 0.05) is 8.96 Å². The van der Waals surface area contributed by atoms with Gasteiger partial charge in [-0.15, -0.1) is 0 Å². The van der Waals surface area contributed by atoms with Crippen LogP contribution >= 0.6 is 22.6 Å². The van der Waals surface area contributed by atoms with Gasteiger partial charge in [0.05, 0.1) is 22.3 Å². The van der Waals surface area contributed by atoms with Crippen molar-refractivity contribution in [2.45, 2.75) is 4.90 Å². The van der Waals surface area contributed by atoms with E-state index >= 15 is 0 Å². The zero-order chi connectivity index (χ0) is 14.9. The number of hydrogen-bond donors (Lipinski definition) is 1. The predicted molar refractivity (Wildman–Crippen MR) is 91.7 cm³/mol. The maximum atomic E-state index is 12.3. The lowest BCUT2D eigenvalue weighted by molar-refractivity contribution is 0.601. The van der Waals surface area contributed by atoms with Crippen molar-refractivity contribution < 1.29 is 8.42 Å². The molecule has 0 atom stereocenters. The lowest BCUT2D eigenvalue weighted by Crippen LogP contribution is -2.13. The van der Waals surface area contributed by atoms with Crippen LogP contribution in [0.2, 0.25) is 0 Å². The average molecular weight is 410 g/mol. The fourth-order valence-electron chi connectivity index (χ4n) is 1.95. The summed E-state index contributed by atoms with van der Waals surface area (Å²) in [4.78, 5) is 4.48. The van der Waals surface area contributed by atoms with Crippen LogP contribution in [0, 0.1) is 3.57 Å². The molecule has 0 amide bonds. The summed E-state index contributed by atoms with van der Waals surface area (Å²) in [6, 6.07) is 16.0. The molecule has 3 aromatic rings. The summed E-state index contributed by atoms with van der Waals surface area (Å²) in [7, 11) is -3.59. The van der Waals surface area contributed by atoms with Crippen molar-refractivity contribution in [3.63, 3.8) is 0 Å². The predicted octanol–water partition coefficient (Wildman–Crippen LogP) is 3.64. The summed E-state index contributed by atoms with van der Waals surface area (Å²) >= 11 is 2.13. The molecule has 6 heteroatoms. The van der Waals surface area contributed by atoms with Gasteiger partial charge in [-0.1, -0.05) is 18.2 Å². The molecule has 0 saturated carbocycles. The Kier molecular flexibility index (Phi) is 3.81. The minimum absolute atomic E-state index is 0.232. The van der Waals surface area contributed by atoms with E-state index in [2.05, 4.69) is 32.3 Å². The van der Waals surface area contributed by atoms with Gasteiger partial charge < -0.3 is 0 Å². The summed E-state index contributed by atoms with van der Waals surface area (Å²) in [5.74, 6) is 0. The Labute approximate surface area is 136 Å². The number of pyridine rings is 1. The van der Waals surface area contributed by atoms with Crippen LogP contribution in [-0.2, 0) is 10.0 Å². The highest BCUT2D eigenvalue weighted by Gasteiger charge is 2.14. The highest BCUT2D eigenvalue weighted by molar-refractivity contribution is 14.1. The van der Waals surface area contributed by atoms with Crippen LogP contribution < -0.4 is 4.72 Å². The van der Waals surface area contributed by atoms with Crippen molar-refractivity contribution in [2.24, 2.45) is 0 Å². The van der Waals surface area contributed by atoms with Gasteiger partial charge in [0.1, 0.15) is 0 Å². The van der Waals surface area contributed by atoms with Crippen molar-refractivity contribution >= 4 is 49.2 Å². The van der Waals surface area contributed by atoms with Gasteiger partial charge in [-0.25, -0.2) is 8.42 Å². The van der Waals surface area contributed by atoms with Crippen LogP contribution in [0.5, 0.6) is 0 Å². The number of benzene rings is 2. The summed E-state index contributed by atoms with van der Waals surface area (Å²) in [6.07, 6.45) is 1.52. The van der Waals surface area contributed by atoms with Crippen LogP contribution in [0.15, 0.2) is 65.7 Å². The quantitative estimate of drug-likeness (QED) is 0.671. The van der Waals surface area contributed by atoms with Crippen LogP contribution in [0.4, 0.5) is 5.69 Å². The Morgan fingerprint density at radius 3 is 2.48 bits per heavy atom. The lowest BCUT2D eigenvalue weighted by atomic mass is 10.2. The zero-order valence-electron chi connectivity index (χ0n) is 10.8. The number of rotatable bonds is 3. The molecule has 3 rings (SSSR count). The highest BCUT2D eigenvalue weighted by Crippen LogP contribution is 2.20. The fourth-order valence-corrected chi connectivity index (χ4v) is 3.35. The summed E-state index contributed by atoms with van der Waals surface area (Å²) < 4.78 is 28.2. The van der Waals surface area contributed by atoms with Gasteiger partial charge in [0.25, 0.3) is 10.0 Å². The zero-order valence-corrected chi connectivity index (χ0v) is 13.8. The van der Waals surface area contributed by atoms with E-state index in [1.165, 1.54) is 6.20 Å². The van der Waals surface area contributed by atoms with Gasteiger partial charge in [-0.3, -0.25) is 9.71 Å². The van der Waals surface area contributed by atoms with Crippen LogP contribution in [0.3, 0.4) is 0 Å². The number of nitrogens with zero attached hydrogens (tertiary/aromatic N) is 1. The first kappa shape index (κ1) is 14.3. The van der Waals surface area contributed by atoms with E-state index in [1.807, 2.05) is 24.3 Å². The molecule has 0 spiro atoms. The Morgan fingerprint density at radius 2 is 1.71 bits per heavy atom. The minimum Gasteiger partial charge on any atom is -0.278 e. The van der Waals surface area contributed by atoms with Crippen molar-refractivity contribution in [3.05, 3.63) is 64.4 Å². The molecule has 1 heterocycles. The number of sulfonamides is 1. The number of aromatic nitrogens is 1. The third-order valence-corrected chi connectivity index (χ3v) is 5.08. The molecule has 4 nitrogen and oxygen atoms in total. The van der Waals surface area contributed by atoms with Gasteiger partial charge in [0.15, 0.2) is 0 Å². The highest BCUT2D eigenvalue weighted by atomic mass is 127. The van der Waals surface area contributed by atoms with E-state index in [0.717, 1.165) is 14.5 Å². The van der Waals surface area contributed by atoms with E-state index in [-0.39, 0.29) is 4.90 Å². The Bertz CT molecular complexity index is 893. The van der Waals surface area contributed by atoms with Gasteiger partial charge >= 0.3 is 0 Å². The number of para-hydroxylation sites is 1. The number of nitrogens with one attached hydrogen (secondary N) is 1. The first-order chi connectivity index (χ1) is 10.0. The molecule has 0 aliphatic carbocycles. The van der Waals surface area contributed by atoms with Crippen molar-refractivity contribution in [2.75, 3.05) is 4.72 Å². The number of fused-ring (bicyclic) bond motifs is 1. The molecule has 106 valence electrons. The largest absolute Gasteiger partial charge is 0.278 e. The number of hydrogen-bond acceptors (Lipinski definition) is 3. The molecular formula is C15H11IN2O2S. The van der Waals surface area contributed by atoms with Crippen LogP contribution in [0.25, 0.3) is 10.9 Å². The SMILES string of the molecule is O=S(=O)(Nc1cnc2ccccc2c1)c1ccc(I)cc1.